The van der Waals surface area contributed by atoms with Crippen molar-refractivity contribution in [2.45, 2.75) is 26.2 Å². The van der Waals surface area contributed by atoms with Crippen LogP contribution in [0.2, 0.25) is 0 Å². The summed E-state index contributed by atoms with van der Waals surface area (Å²) >= 11 is 0. The molecule has 1 heterocycles. The maximum atomic E-state index is 12.9. The second-order valence-corrected chi connectivity index (χ2v) is 7.52. The monoisotopic (exact) mass is 329 g/mol. The Morgan fingerprint density at radius 1 is 0.880 bits per heavy atom. The molecule has 25 heavy (non-hydrogen) atoms. The molecule has 124 valence electrons. The predicted molar refractivity (Wildman–Crippen MR) is 101 cm³/mol. The van der Waals surface area contributed by atoms with Crippen LogP contribution in [0, 0.1) is 5.21 Å². The van der Waals surface area contributed by atoms with Gasteiger partial charge in [0.15, 0.2) is 0 Å². The van der Waals surface area contributed by atoms with Gasteiger partial charge in [-0.2, -0.15) is 4.74 Å². The van der Waals surface area contributed by atoms with Gasteiger partial charge in [0.1, 0.15) is 5.56 Å². The predicted octanol–water partition coefficient (Wildman–Crippen LogP) is 4.96. The zero-order valence-corrected chi connectivity index (χ0v) is 14.5. The lowest BCUT2D eigenvalue weighted by Gasteiger charge is -2.19. The smallest absolute Gasteiger partial charge is 0.272 e. The van der Waals surface area contributed by atoms with Crippen LogP contribution >= 0.6 is 0 Å². The number of benzene rings is 3. The highest BCUT2D eigenvalue weighted by Crippen LogP contribution is 2.33. The number of Topliss-reactive ketones (excluding diaryl/α,β-unsaturated/α-hetero) is 1. The van der Waals surface area contributed by atoms with E-state index < -0.39 is 0 Å². The highest BCUT2D eigenvalue weighted by molar-refractivity contribution is 6.52. The normalized spacial score (nSPS) is 14.3. The minimum absolute atomic E-state index is 0.0747. The molecule has 3 aromatic carbocycles. The molecule has 0 saturated heterocycles. The first kappa shape index (κ1) is 15.6. The van der Waals surface area contributed by atoms with Gasteiger partial charge in [0, 0.05) is 6.07 Å². The average Bonchev–Trinajstić information content (AvgIpc) is 2.84. The Morgan fingerprint density at radius 2 is 1.60 bits per heavy atom. The van der Waals surface area contributed by atoms with E-state index >= 15 is 0 Å². The van der Waals surface area contributed by atoms with E-state index in [1.807, 2.05) is 54.6 Å². The van der Waals surface area contributed by atoms with Gasteiger partial charge in [-0.05, 0) is 39.9 Å². The molecule has 0 aliphatic carbocycles. The molecule has 0 radical (unpaired) electrons. The molecule has 0 fully saturated rings. The Kier molecular flexibility index (Phi) is 3.29. The summed E-state index contributed by atoms with van der Waals surface area (Å²) in [5, 5.41) is 14.9. The van der Waals surface area contributed by atoms with Gasteiger partial charge in [-0.3, -0.25) is 4.79 Å². The molecule has 4 rings (SSSR count). The fourth-order valence-corrected chi connectivity index (χ4v) is 3.29. The van der Waals surface area contributed by atoms with Crippen LogP contribution in [-0.2, 0) is 5.41 Å². The Morgan fingerprint density at radius 3 is 2.32 bits per heavy atom. The van der Waals surface area contributed by atoms with Gasteiger partial charge in [-0.25, -0.2) is 0 Å². The fraction of sp³-hybridized carbons (Fsp3) is 0.182. The summed E-state index contributed by atoms with van der Waals surface area (Å²) in [4.78, 5) is 12.9. The Labute approximate surface area is 146 Å². The highest BCUT2D eigenvalue weighted by Gasteiger charge is 2.37. The number of fused-ring (bicyclic) bond motifs is 2. The van der Waals surface area contributed by atoms with Crippen LogP contribution < -0.4 is 0 Å². The maximum absolute atomic E-state index is 12.9. The van der Waals surface area contributed by atoms with E-state index in [2.05, 4.69) is 20.8 Å². The van der Waals surface area contributed by atoms with Crippen LogP contribution in [0.15, 0.2) is 60.7 Å². The second kappa shape index (κ2) is 5.28. The van der Waals surface area contributed by atoms with E-state index in [1.165, 1.54) is 0 Å². The SMILES string of the molecule is CC(C)(C)c1ccc2c(c1)C(=O)C(c1ccc3ccccc3c1)=[N+]2[O-]. The molecule has 1 aliphatic rings. The number of rotatable bonds is 1. The van der Waals surface area contributed by atoms with Gasteiger partial charge in [0.05, 0.1) is 5.56 Å². The van der Waals surface area contributed by atoms with E-state index in [4.69, 9.17) is 0 Å². The molecule has 3 aromatic rings. The lowest BCUT2D eigenvalue weighted by Crippen LogP contribution is -2.17. The molecule has 0 atom stereocenters. The minimum Gasteiger partial charge on any atom is -0.618 e. The number of carbonyl (C=O) groups excluding carboxylic acids is 1. The van der Waals surface area contributed by atoms with Crippen LogP contribution in [0.3, 0.4) is 0 Å². The molecular weight excluding hydrogens is 310 g/mol. The van der Waals surface area contributed by atoms with Crippen molar-refractivity contribution in [1.82, 2.24) is 0 Å². The van der Waals surface area contributed by atoms with E-state index in [9.17, 15) is 10.0 Å². The van der Waals surface area contributed by atoms with Crippen molar-refractivity contribution in [3.63, 3.8) is 0 Å². The standard InChI is InChI=1S/C22H19NO2/c1-22(2,3)17-10-11-19-18(13-17)21(24)20(23(19)25)16-9-8-14-6-4-5-7-15(14)12-16/h4-13H,1-3H3. The van der Waals surface area contributed by atoms with E-state index in [-0.39, 0.29) is 16.9 Å². The summed E-state index contributed by atoms with van der Waals surface area (Å²) in [6, 6.07) is 19.2. The fourth-order valence-electron chi connectivity index (χ4n) is 3.29. The molecule has 0 unspecified atom stereocenters. The topological polar surface area (TPSA) is 43.1 Å². The number of ketones is 1. The zero-order chi connectivity index (χ0) is 17.8. The van der Waals surface area contributed by atoms with Crippen molar-refractivity contribution in [1.29, 1.82) is 0 Å². The van der Waals surface area contributed by atoms with Crippen LogP contribution in [0.1, 0.15) is 42.3 Å². The summed E-state index contributed by atoms with van der Waals surface area (Å²) in [6.07, 6.45) is 0. The summed E-state index contributed by atoms with van der Waals surface area (Å²) in [5.74, 6) is -0.202. The molecule has 0 spiro atoms. The lowest BCUT2D eigenvalue weighted by atomic mass is 9.85. The largest absolute Gasteiger partial charge is 0.618 e. The summed E-state index contributed by atoms with van der Waals surface area (Å²) in [6.45, 7) is 6.28. The second-order valence-electron chi connectivity index (χ2n) is 7.52. The molecule has 1 aliphatic heterocycles. The van der Waals surface area contributed by atoms with Crippen molar-refractivity contribution in [2.24, 2.45) is 0 Å². The molecule has 3 nitrogen and oxygen atoms in total. The first-order chi connectivity index (χ1) is 11.9. The average molecular weight is 329 g/mol. The number of carbonyl (C=O) groups is 1. The minimum atomic E-state index is -0.202. The third-order valence-corrected chi connectivity index (χ3v) is 4.77. The van der Waals surface area contributed by atoms with Crippen molar-refractivity contribution in [2.75, 3.05) is 0 Å². The van der Waals surface area contributed by atoms with Crippen LogP contribution in [0.4, 0.5) is 5.69 Å². The van der Waals surface area contributed by atoms with Crippen molar-refractivity contribution >= 4 is 28.0 Å². The maximum Gasteiger partial charge on any atom is 0.272 e. The van der Waals surface area contributed by atoms with Crippen LogP contribution in [-0.4, -0.2) is 16.2 Å². The molecular formula is C22H19NO2. The number of hydrogen-bond acceptors (Lipinski definition) is 2. The van der Waals surface area contributed by atoms with Gasteiger partial charge in [0.2, 0.25) is 5.69 Å². The lowest BCUT2D eigenvalue weighted by molar-refractivity contribution is -0.355. The summed E-state index contributed by atoms with van der Waals surface area (Å²) < 4.78 is 0.772. The third-order valence-electron chi connectivity index (χ3n) is 4.77. The van der Waals surface area contributed by atoms with Crippen molar-refractivity contribution in [3.05, 3.63) is 82.6 Å². The Hall–Kier alpha value is -2.94. The van der Waals surface area contributed by atoms with Gasteiger partial charge >= 0.3 is 0 Å². The third kappa shape index (κ3) is 2.43. The van der Waals surface area contributed by atoms with Gasteiger partial charge in [-0.1, -0.05) is 57.2 Å². The number of hydrogen-bond donors (Lipinski definition) is 0. The molecule has 0 bridgehead atoms. The van der Waals surface area contributed by atoms with E-state index in [1.54, 1.807) is 6.07 Å². The first-order valence-electron chi connectivity index (χ1n) is 8.39. The molecule has 3 heteroatoms. The van der Waals surface area contributed by atoms with Crippen molar-refractivity contribution in [3.8, 4) is 0 Å². The summed E-state index contributed by atoms with van der Waals surface area (Å²) in [5.41, 5.74) is 2.76. The van der Waals surface area contributed by atoms with E-state index in [0.717, 1.165) is 21.1 Å². The quantitative estimate of drug-likeness (QED) is 0.467. The van der Waals surface area contributed by atoms with Crippen LogP contribution in [0.25, 0.3) is 10.8 Å². The zero-order valence-electron chi connectivity index (χ0n) is 14.5. The highest BCUT2D eigenvalue weighted by atomic mass is 16.5. The van der Waals surface area contributed by atoms with Gasteiger partial charge in [-0.15, -0.1) is 0 Å². The molecule has 0 saturated carbocycles. The van der Waals surface area contributed by atoms with Gasteiger partial charge < -0.3 is 5.21 Å². The van der Waals surface area contributed by atoms with Gasteiger partial charge in [0.25, 0.3) is 11.5 Å². The molecule has 0 N–H and O–H groups in total. The summed E-state index contributed by atoms with van der Waals surface area (Å²) in [7, 11) is 0. The van der Waals surface area contributed by atoms with Crippen molar-refractivity contribution < 1.29 is 9.53 Å². The van der Waals surface area contributed by atoms with Crippen LogP contribution in [0.5, 0.6) is 0 Å². The first-order valence-corrected chi connectivity index (χ1v) is 8.39. The molecule has 0 aromatic heterocycles. The Balaban J connectivity index is 1.85. The number of nitrogens with zero attached hydrogens (tertiary/aromatic N) is 1. The molecule has 0 amide bonds. The van der Waals surface area contributed by atoms with E-state index in [0.29, 0.717) is 16.8 Å². The Bertz CT molecular complexity index is 1060.